The molecule has 1 aromatic rings. The second-order valence-corrected chi connectivity index (χ2v) is 4.05. The zero-order valence-electron chi connectivity index (χ0n) is 9.68. The summed E-state index contributed by atoms with van der Waals surface area (Å²) in [5.41, 5.74) is 1.52. The number of hydrogen-bond donors (Lipinski definition) is 0. The molecular weight excluding hydrogens is 253 g/mol. The molecule has 0 saturated heterocycles. The minimum absolute atomic E-state index is 0.266. The fourth-order valence-corrected chi connectivity index (χ4v) is 1.59. The summed E-state index contributed by atoms with van der Waals surface area (Å²) in [6, 6.07) is 3.38. The molecule has 6 heteroatoms. The van der Waals surface area contributed by atoms with Crippen molar-refractivity contribution in [2.75, 3.05) is 18.5 Å². The van der Waals surface area contributed by atoms with Gasteiger partial charge in [0.15, 0.2) is 0 Å². The van der Waals surface area contributed by atoms with E-state index in [1.807, 2.05) is 6.92 Å². The Morgan fingerprint density at radius 3 is 2.47 bits per heavy atom. The maximum atomic E-state index is 12.3. The molecule has 0 bridgehead atoms. The fourth-order valence-electron chi connectivity index (χ4n) is 1.44. The Morgan fingerprint density at radius 2 is 2.00 bits per heavy atom. The van der Waals surface area contributed by atoms with Crippen LogP contribution in [-0.2, 0) is 12.3 Å². The molecule has 96 valence electrons. The van der Waals surface area contributed by atoms with Gasteiger partial charge in [-0.15, -0.1) is 11.6 Å². The van der Waals surface area contributed by atoms with Crippen molar-refractivity contribution in [3.05, 3.63) is 23.4 Å². The van der Waals surface area contributed by atoms with Crippen molar-refractivity contribution in [2.24, 2.45) is 0 Å². The molecular formula is C11H14ClF3N2. The Morgan fingerprint density at radius 1 is 1.35 bits per heavy atom. The van der Waals surface area contributed by atoms with Crippen LogP contribution in [0.25, 0.3) is 0 Å². The highest BCUT2D eigenvalue weighted by atomic mass is 35.5. The quantitative estimate of drug-likeness (QED) is 0.777. The van der Waals surface area contributed by atoms with Gasteiger partial charge in [-0.1, -0.05) is 6.92 Å². The minimum Gasteiger partial charge on any atom is -0.351 e. The molecule has 0 aliphatic rings. The zero-order valence-corrected chi connectivity index (χ0v) is 10.4. The van der Waals surface area contributed by atoms with E-state index in [9.17, 15) is 13.2 Å². The predicted molar refractivity (Wildman–Crippen MR) is 62.5 cm³/mol. The number of nitrogens with zero attached hydrogens (tertiary/aromatic N) is 2. The predicted octanol–water partition coefficient (Wildman–Crippen LogP) is 3.38. The first kappa shape index (κ1) is 14.1. The molecule has 2 nitrogen and oxygen atoms in total. The van der Waals surface area contributed by atoms with Crippen LogP contribution in [0.5, 0.6) is 0 Å². The van der Waals surface area contributed by atoms with Crippen LogP contribution >= 0.6 is 11.6 Å². The van der Waals surface area contributed by atoms with E-state index in [0.29, 0.717) is 12.2 Å². The molecule has 0 aromatic carbocycles. The summed E-state index contributed by atoms with van der Waals surface area (Å²) >= 11 is 5.70. The van der Waals surface area contributed by atoms with Crippen molar-refractivity contribution in [1.29, 1.82) is 0 Å². The maximum absolute atomic E-state index is 12.3. The Labute approximate surface area is 103 Å². The van der Waals surface area contributed by atoms with Gasteiger partial charge in [-0.25, -0.2) is 4.98 Å². The monoisotopic (exact) mass is 266 g/mol. The lowest BCUT2D eigenvalue weighted by Crippen LogP contribution is -2.31. The van der Waals surface area contributed by atoms with Crippen molar-refractivity contribution in [3.63, 3.8) is 0 Å². The molecule has 0 spiro atoms. The van der Waals surface area contributed by atoms with Gasteiger partial charge in [0.05, 0.1) is 0 Å². The molecule has 0 aliphatic heterocycles. The molecule has 0 N–H and O–H groups in total. The van der Waals surface area contributed by atoms with Crippen LogP contribution in [0.4, 0.5) is 19.0 Å². The van der Waals surface area contributed by atoms with E-state index in [1.165, 1.54) is 7.05 Å². The van der Waals surface area contributed by atoms with Crippen LogP contribution in [0.3, 0.4) is 0 Å². The molecule has 0 amide bonds. The Kier molecular flexibility index (Phi) is 4.62. The third kappa shape index (κ3) is 4.42. The molecule has 1 aromatic heterocycles. The topological polar surface area (TPSA) is 16.1 Å². The summed E-state index contributed by atoms with van der Waals surface area (Å²) < 4.78 is 36.8. The molecule has 0 unspecified atom stereocenters. The lowest BCUT2D eigenvalue weighted by atomic mass is 10.2. The van der Waals surface area contributed by atoms with Crippen LogP contribution in [0, 0.1) is 0 Å². The number of pyridine rings is 1. The average molecular weight is 267 g/mol. The highest BCUT2D eigenvalue weighted by Gasteiger charge is 2.29. The van der Waals surface area contributed by atoms with Crippen molar-refractivity contribution < 1.29 is 13.2 Å². The summed E-state index contributed by atoms with van der Waals surface area (Å²) in [4.78, 5) is 5.23. The van der Waals surface area contributed by atoms with E-state index in [-0.39, 0.29) is 5.88 Å². The van der Waals surface area contributed by atoms with Gasteiger partial charge < -0.3 is 4.90 Å². The van der Waals surface area contributed by atoms with Gasteiger partial charge in [0.1, 0.15) is 12.4 Å². The highest BCUT2D eigenvalue weighted by molar-refractivity contribution is 6.17. The number of aryl methyl sites for hydroxylation is 1. The average Bonchev–Trinajstić information content (AvgIpc) is 2.26. The largest absolute Gasteiger partial charge is 0.405 e. The fraction of sp³-hybridized carbons (Fsp3) is 0.545. The van der Waals surface area contributed by atoms with Crippen molar-refractivity contribution in [3.8, 4) is 0 Å². The number of hydrogen-bond acceptors (Lipinski definition) is 2. The highest BCUT2D eigenvalue weighted by Crippen LogP contribution is 2.21. The first-order chi connectivity index (χ1) is 7.85. The Bertz CT molecular complexity index is 357. The van der Waals surface area contributed by atoms with Gasteiger partial charge in [0.25, 0.3) is 0 Å². The first-order valence-electron chi connectivity index (χ1n) is 5.19. The van der Waals surface area contributed by atoms with Crippen molar-refractivity contribution >= 4 is 17.4 Å². The molecule has 17 heavy (non-hydrogen) atoms. The second-order valence-electron chi connectivity index (χ2n) is 3.78. The number of halogens is 4. The third-order valence-corrected chi connectivity index (χ3v) is 2.56. The lowest BCUT2D eigenvalue weighted by Gasteiger charge is -2.21. The smallest absolute Gasteiger partial charge is 0.351 e. The first-order valence-corrected chi connectivity index (χ1v) is 5.73. The van der Waals surface area contributed by atoms with Gasteiger partial charge >= 0.3 is 6.18 Å². The summed E-state index contributed by atoms with van der Waals surface area (Å²) in [6.07, 6.45) is -3.57. The molecule has 0 saturated carbocycles. The van der Waals surface area contributed by atoms with E-state index in [2.05, 4.69) is 4.98 Å². The number of anilines is 1. The minimum atomic E-state index is -4.24. The number of aromatic nitrogens is 1. The molecule has 0 atom stereocenters. The Balaban J connectivity index is 2.96. The summed E-state index contributed by atoms with van der Waals surface area (Å²) in [7, 11) is 1.37. The van der Waals surface area contributed by atoms with E-state index >= 15 is 0 Å². The molecule has 1 rings (SSSR count). The van der Waals surface area contributed by atoms with Gasteiger partial charge in [-0.05, 0) is 24.1 Å². The Hall–Kier alpha value is -0.970. The summed E-state index contributed by atoms with van der Waals surface area (Å²) in [5.74, 6) is 0.569. The summed E-state index contributed by atoms with van der Waals surface area (Å²) in [6.45, 7) is 0.878. The number of alkyl halides is 4. The molecule has 0 radical (unpaired) electrons. The van der Waals surface area contributed by atoms with Crippen LogP contribution in [0.2, 0.25) is 0 Å². The van der Waals surface area contributed by atoms with Gasteiger partial charge in [-0.2, -0.15) is 13.2 Å². The van der Waals surface area contributed by atoms with Crippen LogP contribution in [0.1, 0.15) is 18.2 Å². The van der Waals surface area contributed by atoms with Crippen LogP contribution < -0.4 is 4.90 Å². The standard InChI is InChI=1S/C11H14ClF3N2/c1-3-9-4-8(6-12)5-10(16-9)17(2)7-11(13,14)15/h4-5H,3,6-7H2,1-2H3. The van der Waals surface area contributed by atoms with Crippen LogP contribution in [-0.4, -0.2) is 24.8 Å². The van der Waals surface area contributed by atoms with E-state index in [1.54, 1.807) is 12.1 Å². The van der Waals surface area contributed by atoms with E-state index in [4.69, 9.17) is 11.6 Å². The molecule has 0 fully saturated rings. The number of rotatable bonds is 4. The normalized spacial score (nSPS) is 11.6. The third-order valence-electron chi connectivity index (χ3n) is 2.25. The zero-order chi connectivity index (χ0) is 13.1. The van der Waals surface area contributed by atoms with Crippen molar-refractivity contribution in [2.45, 2.75) is 25.4 Å². The van der Waals surface area contributed by atoms with Gasteiger partial charge in [-0.3, -0.25) is 0 Å². The van der Waals surface area contributed by atoms with E-state index in [0.717, 1.165) is 16.2 Å². The molecule has 0 aliphatic carbocycles. The van der Waals surface area contributed by atoms with Crippen molar-refractivity contribution in [1.82, 2.24) is 4.98 Å². The second kappa shape index (κ2) is 5.58. The maximum Gasteiger partial charge on any atom is 0.405 e. The SMILES string of the molecule is CCc1cc(CCl)cc(N(C)CC(F)(F)F)n1. The van der Waals surface area contributed by atoms with E-state index < -0.39 is 12.7 Å². The lowest BCUT2D eigenvalue weighted by molar-refractivity contribution is -0.119. The van der Waals surface area contributed by atoms with Gasteiger partial charge in [0, 0.05) is 18.6 Å². The van der Waals surface area contributed by atoms with Crippen LogP contribution in [0.15, 0.2) is 12.1 Å². The molecule has 1 heterocycles. The summed E-state index contributed by atoms with van der Waals surface area (Å²) in [5, 5.41) is 0. The van der Waals surface area contributed by atoms with Gasteiger partial charge in [0.2, 0.25) is 0 Å².